The van der Waals surface area contributed by atoms with Gasteiger partial charge in [-0.05, 0) is 50.6 Å². The van der Waals surface area contributed by atoms with E-state index in [9.17, 15) is 9.59 Å². The first-order valence-electron chi connectivity index (χ1n) is 10.2. The maximum Gasteiger partial charge on any atom is 0.337 e. The molecule has 1 unspecified atom stereocenters. The second kappa shape index (κ2) is 9.57. The minimum absolute atomic E-state index is 0.117. The quantitative estimate of drug-likeness (QED) is 0.574. The van der Waals surface area contributed by atoms with Gasteiger partial charge in [0.25, 0.3) is 5.91 Å². The molecule has 0 aliphatic rings. The third-order valence-corrected chi connectivity index (χ3v) is 5.32. The van der Waals surface area contributed by atoms with Crippen molar-refractivity contribution in [2.45, 2.75) is 27.3 Å². The maximum absolute atomic E-state index is 12.6. The fourth-order valence-electron chi connectivity index (χ4n) is 3.59. The highest BCUT2D eigenvalue weighted by atomic mass is 16.5. The number of carbonyl (C=O) groups excluding carboxylic acids is 2. The van der Waals surface area contributed by atoms with Gasteiger partial charge in [-0.2, -0.15) is 5.10 Å². The van der Waals surface area contributed by atoms with E-state index in [1.807, 2.05) is 55.9 Å². The zero-order valence-electron chi connectivity index (χ0n) is 18.7. The Morgan fingerprint density at radius 3 is 2.48 bits per heavy atom. The number of aryl methyl sites for hydroxylation is 2. The molecule has 0 saturated heterocycles. The van der Waals surface area contributed by atoms with E-state index in [0.717, 1.165) is 33.1 Å². The van der Waals surface area contributed by atoms with Crippen molar-refractivity contribution < 1.29 is 19.2 Å². The number of likely N-dealkylation sites (N-methyl/N-ethyl adjacent to an activating group) is 1. The third-order valence-electron chi connectivity index (χ3n) is 5.32. The number of para-hydroxylation sites is 1. The summed E-state index contributed by atoms with van der Waals surface area (Å²) >= 11 is 0. The predicted molar refractivity (Wildman–Crippen MR) is 120 cm³/mol. The summed E-state index contributed by atoms with van der Waals surface area (Å²) < 4.78 is 6.70. The van der Waals surface area contributed by atoms with Crippen molar-refractivity contribution >= 4 is 17.6 Å². The molecule has 1 amide bonds. The number of ether oxygens (including phenoxy) is 1. The van der Waals surface area contributed by atoms with Crippen molar-refractivity contribution in [2.24, 2.45) is 0 Å². The number of nitrogens with zero attached hydrogens (tertiary/aromatic N) is 2. The molecule has 162 valence electrons. The molecule has 31 heavy (non-hydrogen) atoms. The van der Waals surface area contributed by atoms with Crippen LogP contribution in [-0.4, -0.2) is 42.4 Å². The highest BCUT2D eigenvalue weighted by Gasteiger charge is 2.19. The molecule has 0 aliphatic heterocycles. The van der Waals surface area contributed by atoms with Crippen LogP contribution in [0.5, 0.6) is 0 Å². The Morgan fingerprint density at radius 2 is 1.81 bits per heavy atom. The number of carbonyl (C=O) groups is 2. The molecule has 1 aromatic heterocycles. The standard InChI is InChI=1S/C24H28N4O3/c1-16-11-12-19(24(30)31-5)13-22(16)25-23(29)15-27(4)14-21-17(2)26-28(18(21)3)20-9-7-6-8-10-20/h6-13H,14-15H2,1-5H3,(H,25,29)/p+1. The van der Waals surface area contributed by atoms with Gasteiger partial charge in [-0.25, -0.2) is 9.48 Å². The largest absolute Gasteiger partial charge is 0.465 e. The van der Waals surface area contributed by atoms with Crippen LogP contribution < -0.4 is 10.2 Å². The number of quaternary nitrogens is 1. The molecule has 2 aromatic carbocycles. The Kier molecular flexibility index (Phi) is 6.87. The van der Waals surface area contributed by atoms with E-state index in [4.69, 9.17) is 4.74 Å². The van der Waals surface area contributed by atoms with Gasteiger partial charge in [-0.15, -0.1) is 0 Å². The molecule has 7 heteroatoms. The highest BCUT2D eigenvalue weighted by Crippen LogP contribution is 2.18. The molecule has 3 aromatic rings. The van der Waals surface area contributed by atoms with Crippen LogP contribution in [0.1, 0.15) is 32.9 Å². The molecule has 7 nitrogen and oxygen atoms in total. The Bertz CT molecular complexity index is 1090. The number of aromatic nitrogens is 2. The predicted octanol–water partition coefficient (Wildman–Crippen LogP) is 2.24. The van der Waals surface area contributed by atoms with Gasteiger partial charge in [0.2, 0.25) is 0 Å². The molecule has 1 atom stereocenters. The molecular weight excluding hydrogens is 392 g/mol. The van der Waals surface area contributed by atoms with Gasteiger partial charge in [0.05, 0.1) is 42.4 Å². The van der Waals surface area contributed by atoms with E-state index in [2.05, 4.69) is 17.3 Å². The van der Waals surface area contributed by atoms with Crippen molar-refractivity contribution in [2.75, 3.05) is 26.0 Å². The molecule has 0 bridgehead atoms. The fraction of sp³-hybridized carbons (Fsp3) is 0.292. The van der Waals surface area contributed by atoms with E-state index >= 15 is 0 Å². The molecule has 0 radical (unpaired) electrons. The maximum atomic E-state index is 12.6. The normalized spacial score (nSPS) is 11.8. The van der Waals surface area contributed by atoms with Crippen molar-refractivity contribution in [3.63, 3.8) is 0 Å². The summed E-state index contributed by atoms with van der Waals surface area (Å²) in [6, 6.07) is 15.1. The first-order chi connectivity index (χ1) is 14.8. The zero-order chi connectivity index (χ0) is 22.5. The number of benzene rings is 2. The van der Waals surface area contributed by atoms with Crippen LogP contribution >= 0.6 is 0 Å². The number of esters is 1. The fourth-order valence-corrected chi connectivity index (χ4v) is 3.59. The lowest BCUT2D eigenvalue weighted by atomic mass is 10.1. The highest BCUT2D eigenvalue weighted by molar-refractivity contribution is 5.95. The second-order valence-electron chi connectivity index (χ2n) is 7.78. The summed E-state index contributed by atoms with van der Waals surface area (Å²) in [6.45, 7) is 6.91. The molecule has 0 saturated carbocycles. The van der Waals surface area contributed by atoms with Crippen LogP contribution in [0, 0.1) is 20.8 Å². The van der Waals surface area contributed by atoms with E-state index in [1.165, 1.54) is 7.11 Å². The summed E-state index contributed by atoms with van der Waals surface area (Å²) in [4.78, 5) is 25.4. The van der Waals surface area contributed by atoms with E-state index < -0.39 is 5.97 Å². The van der Waals surface area contributed by atoms with E-state index in [-0.39, 0.29) is 12.5 Å². The number of nitrogens with one attached hydrogen (secondary N) is 2. The third kappa shape index (κ3) is 5.19. The Morgan fingerprint density at radius 1 is 1.10 bits per heavy atom. The monoisotopic (exact) mass is 421 g/mol. The number of methoxy groups -OCH3 is 1. The van der Waals surface area contributed by atoms with Crippen molar-refractivity contribution in [1.29, 1.82) is 0 Å². The van der Waals surface area contributed by atoms with Gasteiger partial charge >= 0.3 is 5.97 Å². The molecule has 1 heterocycles. The van der Waals surface area contributed by atoms with E-state index in [0.29, 0.717) is 17.8 Å². The van der Waals surface area contributed by atoms with Crippen LogP contribution in [0.4, 0.5) is 5.69 Å². The van der Waals surface area contributed by atoms with Crippen LogP contribution in [0.15, 0.2) is 48.5 Å². The summed E-state index contributed by atoms with van der Waals surface area (Å²) in [5.74, 6) is -0.548. The summed E-state index contributed by atoms with van der Waals surface area (Å²) in [6.07, 6.45) is 0. The van der Waals surface area contributed by atoms with E-state index in [1.54, 1.807) is 18.2 Å². The Hall–Kier alpha value is -3.45. The Labute approximate surface area is 182 Å². The molecule has 0 fully saturated rings. The number of hydrogen-bond donors (Lipinski definition) is 2. The zero-order valence-corrected chi connectivity index (χ0v) is 18.7. The molecule has 0 aliphatic carbocycles. The molecule has 2 N–H and O–H groups in total. The van der Waals surface area contributed by atoms with Crippen LogP contribution in [0.3, 0.4) is 0 Å². The van der Waals surface area contributed by atoms with Gasteiger partial charge in [-0.1, -0.05) is 24.3 Å². The molecular formula is C24H29N4O3+. The summed E-state index contributed by atoms with van der Waals surface area (Å²) in [5.41, 5.74) is 6.10. The van der Waals surface area contributed by atoms with Gasteiger partial charge in [0, 0.05) is 5.69 Å². The number of hydrogen-bond acceptors (Lipinski definition) is 4. The summed E-state index contributed by atoms with van der Waals surface area (Å²) in [7, 11) is 3.32. The molecule has 0 spiro atoms. The van der Waals surface area contributed by atoms with Crippen molar-refractivity contribution in [3.8, 4) is 5.69 Å². The van der Waals surface area contributed by atoms with Crippen LogP contribution in [0.25, 0.3) is 5.69 Å². The number of amides is 1. The first-order valence-corrected chi connectivity index (χ1v) is 10.2. The minimum atomic E-state index is -0.431. The van der Waals surface area contributed by atoms with Crippen LogP contribution in [0.2, 0.25) is 0 Å². The number of anilines is 1. The van der Waals surface area contributed by atoms with Crippen molar-refractivity contribution in [3.05, 3.63) is 76.6 Å². The topological polar surface area (TPSA) is 77.7 Å². The number of rotatable bonds is 7. The van der Waals surface area contributed by atoms with Gasteiger partial charge in [-0.3, -0.25) is 4.79 Å². The average Bonchev–Trinajstić information content (AvgIpc) is 3.03. The SMILES string of the molecule is COC(=O)c1ccc(C)c(NC(=O)C[NH+](C)Cc2c(C)nn(-c3ccccc3)c2C)c1. The molecule has 3 rings (SSSR count). The van der Waals surface area contributed by atoms with Crippen molar-refractivity contribution in [1.82, 2.24) is 9.78 Å². The first kappa shape index (κ1) is 22.2. The smallest absolute Gasteiger partial charge is 0.337 e. The lowest BCUT2D eigenvalue weighted by Gasteiger charge is -2.15. The van der Waals surface area contributed by atoms with Gasteiger partial charge < -0.3 is 15.0 Å². The van der Waals surface area contributed by atoms with Gasteiger partial charge in [0.1, 0.15) is 6.54 Å². The average molecular weight is 422 g/mol. The second-order valence-corrected chi connectivity index (χ2v) is 7.78. The van der Waals surface area contributed by atoms with Gasteiger partial charge in [0.15, 0.2) is 6.54 Å². The lowest BCUT2D eigenvalue weighted by molar-refractivity contribution is -0.885. The summed E-state index contributed by atoms with van der Waals surface area (Å²) in [5, 5.41) is 7.60. The van der Waals surface area contributed by atoms with Crippen LogP contribution in [-0.2, 0) is 16.1 Å². The Balaban J connectivity index is 1.68. The lowest BCUT2D eigenvalue weighted by Crippen LogP contribution is -3.08. The minimum Gasteiger partial charge on any atom is -0.465 e.